The van der Waals surface area contributed by atoms with Crippen LogP contribution in [0, 0.1) is 23.3 Å². The average Bonchev–Trinajstić information content (AvgIpc) is 3.34. The zero-order chi connectivity index (χ0) is 24.0. The molecule has 0 aliphatic carbocycles. The number of aromatic nitrogens is 1. The van der Waals surface area contributed by atoms with Gasteiger partial charge in [0.1, 0.15) is 23.3 Å². The molecule has 34 heavy (non-hydrogen) atoms. The number of carbonyl (C=O) groups excluding carboxylic acids is 1. The first-order valence-corrected chi connectivity index (χ1v) is 10.7. The Labute approximate surface area is 191 Å². The van der Waals surface area contributed by atoms with E-state index in [1.807, 2.05) is 0 Å². The summed E-state index contributed by atoms with van der Waals surface area (Å²) in [6, 6.07) is 10.6. The van der Waals surface area contributed by atoms with Crippen LogP contribution < -0.4 is 5.43 Å². The van der Waals surface area contributed by atoms with Crippen molar-refractivity contribution in [2.75, 3.05) is 13.1 Å². The summed E-state index contributed by atoms with van der Waals surface area (Å²) >= 11 is 0. The van der Waals surface area contributed by atoms with Crippen molar-refractivity contribution in [3.63, 3.8) is 0 Å². The molecule has 0 atom stereocenters. The predicted octanol–water partition coefficient (Wildman–Crippen LogP) is 5.43. The zero-order valence-electron chi connectivity index (χ0n) is 17.8. The summed E-state index contributed by atoms with van der Waals surface area (Å²) in [4.78, 5) is 26.9. The van der Waals surface area contributed by atoms with Crippen LogP contribution in [-0.2, 0) is 0 Å². The van der Waals surface area contributed by atoms with Crippen molar-refractivity contribution in [2.24, 2.45) is 0 Å². The number of likely N-dealkylation sites (tertiary alicyclic amines) is 1. The number of pyridine rings is 2. The van der Waals surface area contributed by atoms with Crippen LogP contribution in [0.5, 0.6) is 0 Å². The van der Waals surface area contributed by atoms with Crippen molar-refractivity contribution in [1.29, 1.82) is 0 Å². The Morgan fingerprint density at radius 2 is 1.50 bits per heavy atom. The van der Waals surface area contributed by atoms with Crippen LogP contribution in [0.2, 0.25) is 0 Å². The first kappa shape index (κ1) is 21.9. The van der Waals surface area contributed by atoms with E-state index in [0.717, 1.165) is 43.2 Å². The number of hydrogen-bond donors (Lipinski definition) is 0. The maximum absolute atomic E-state index is 15.2. The molecule has 4 aromatic rings. The third-order valence-electron chi connectivity index (χ3n) is 6.04. The van der Waals surface area contributed by atoms with Crippen LogP contribution in [-0.4, -0.2) is 28.3 Å². The van der Waals surface area contributed by atoms with E-state index in [9.17, 15) is 18.4 Å². The number of fused-ring (bicyclic) bond motifs is 1. The van der Waals surface area contributed by atoms with Crippen molar-refractivity contribution in [3.8, 4) is 22.4 Å². The number of nitrogens with zero attached hydrogens (tertiary/aromatic N) is 2. The molecule has 172 valence electrons. The number of benzene rings is 2. The van der Waals surface area contributed by atoms with Gasteiger partial charge in [-0.2, -0.15) is 0 Å². The molecular formula is C26H18F4N2O2. The lowest BCUT2D eigenvalue weighted by Gasteiger charge is -2.17. The van der Waals surface area contributed by atoms with Gasteiger partial charge >= 0.3 is 0 Å². The second-order valence-corrected chi connectivity index (χ2v) is 8.16. The van der Waals surface area contributed by atoms with Gasteiger partial charge in [0, 0.05) is 42.5 Å². The molecule has 0 N–H and O–H groups in total. The maximum Gasteiger partial charge on any atom is 0.254 e. The largest absolute Gasteiger partial charge is 0.339 e. The van der Waals surface area contributed by atoms with Gasteiger partial charge in [0.2, 0.25) is 0 Å². The number of hydrogen-bond acceptors (Lipinski definition) is 2. The fourth-order valence-corrected chi connectivity index (χ4v) is 4.44. The highest BCUT2D eigenvalue weighted by Crippen LogP contribution is 2.32. The standard InChI is InChI=1S/C26H18F4N2O2/c27-16-6-7-17(18(28)14-16)21-4-3-5-22-25(23(33)8-11-32(21)22)24-19(29)12-15(13-20(24)30)26(34)31-9-1-2-10-31/h3-8,11-14H,1-2,9-10H2. The molecule has 1 amide bonds. The van der Waals surface area contributed by atoms with Crippen molar-refractivity contribution in [1.82, 2.24) is 9.30 Å². The summed E-state index contributed by atoms with van der Waals surface area (Å²) in [5.74, 6) is -4.14. The van der Waals surface area contributed by atoms with Crippen molar-refractivity contribution in [3.05, 3.63) is 99.8 Å². The summed E-state index contributed by atoms with van der Waals surface area (Å²) in [7, 11) is 0. The summed E-state index contributed by atoms with van der Waals surface area (Å²) in [5.41, 5.74) is -1.17. The smallest absolute Gasteiger partial charge is 0.254 e. The van der Waals surface area contributed by atoms with Crippen LogP contribution in [0.15, 0.2) is 65.6 Å². The minimum atomic E-state index is -1.05. The lowest BCUT2D eigenvalue weighted by Crippen LogP contribution is -2.27. The Balaban J connectivity index is 1.69. The molecule has 5 rings (SSSR count). The van der Waals surface area contributed by atoms with Crippen LogP contribution in [0.3, 0.4) is 0 Å². The highest BCUT2D eigenvalue weighted by molar-refractivity contribution is 5.95. The van der Waals surface area contributed by atoms with Gasteiger partial charge in [0.25, 0.3) is 5.91 Å². The number of halogens is 4. The topological polar surface area (TPSA) is 41.8 Å². The molecule has 0 radical (unpaired) electrons. The quantitative estimate of drug-likeness (QED) is 0.378. The fraction of sp³-hybridized carbons (Fsp3) is 0.154. The molecule has 0 bridgehead atoms. The third kappa shape index (κ3) is 3.65. The Morgan fingerprint density at radius 1 is 0.794 bits per heavy atom. The second kappa shape index (κ2) is 8.44. The van der Waals surface area contributed by atoms with Crippen LogP contribution in [0.25, 0.3) is 27.9 Å². The molecule has 0 saturated carbocycles. The summed E-state index contributed by atoms with van der Waals surface area (Å²) in [5, 5.41) is 0. The normalized spacial score (nSPS) is 13.6. The van der Waals surface area contributed by atoms with Gasteiger partial charge in [0.15, 0.2) is 5.43 Å². The van der Waals surface area contributed by atoms with Crippen molar-refractivity contribution in [2.45, 2.75) is 12.8 Å². The second-order valence-electron chi connectivity index (χ2n) is 8.16. The van der Waals surface area contributed by atoms with Gasteiger partial charge in [-0.1, -0.05) is 6.07 Å². The summed E-state index contributed by atoms with van der Waals surface area (Å²) < 4.78 is 59.7. The van der Waals surface area contributed by atoms with Gasteiger partial charge in [0.05, 0.1) is 22.3 Å². The van der Waals surface area contributed by atoms with Gasteiger partial charge in [-0.25, -0.2) is 17.6 Å². The van der Waals surface area contributed by atoms with E-state index in [1.165, 1.54) is 33.7 Å². The summed E-state index contributed by atoms with van der Waals surface area (Å²) in [6.45, 7) is 1.05. The maximum atomic E-state index is 15.2. The lowest BCUT2D eigenvalue weighted by molar-refractivity contribution is 0.0792. The molecule has 3 heterocycles. The monoisotopic (exact) mass is 466 g/mol. The predicted molar refractivity (Wildman–Crippen MR) is 120 cm³/mol. The van der Waals surface area contributed by atoms with Gasteiger partial charge in [-0.05, 0) is 49.2 Å². The van der Waals surface area contributed by atoms with E-state index in [2.05, 4.69) is 0 Å². The Morgan fingerprint density at radius 3 is 2.18 bits per heavy atom. The molecule has 0 spiro atoms. The average molecular weight is 466 g/mol. The van der Waals surface area contributed by atoms with E-state index in [0.29, 0.717) is 13.1 Å². The van der Waals surface area contributed by atoms with E-state index >= 15 is 8.78 Å². The number of carbonyl (C=O) groups is 1. The fourth-order valence-electron chi connectivity index (χ4n) is 4.44. The molecule has 2 aromatic carbocycles. The lowest BCUT2D eigenvalue weighted by atomic mass is 9.99. The van der Waals surface area contributed by atoms with Crippen LogP contribution in [0.4, 0.5) is 17.6 Å². The molecule has 1 fully saturated rings. The van der Waals surface area contributed by atoms with Crippen molar-refractivity contribution < 1.29 is 22.4 Å². The van der Waals surface area contributed by atoms with Gasteiger partial charge < -0.3 is 9.30 Å². The molecule has 4 nitrogen and oxygen atoms in total. The Hall–Kier alpha value is -3.94. The minimum Gasteiger partial charge on any atom is -0.339 e. The highest BCUT2D eigenvalue weighted by Gasteiger charge is 2.25. The number of rotatable bonds is 3. The minimum absolute atomic E-state index is 0.0501. The SMILES string of the molecule is O=C(c1cc(F)c(-c2c(=O)ccn3c(-c4ccc(F)cc4F)cccc23)c(F)c1)N1CCCC1. The van der Waals surface area contributed by atoms with E-state index in [-0.39, 0.29) is 27.9 Å². The molecular weight excluding hydrogens is 448 g/mol. The molecule has 8 heteroatoms. The first-order valence-electron chi connectivity index (χ1n) is 10.7. The van der Waals surface area contributed by atoms with E-state index in [4.69, 9.17) is 0 Å². The number of amides is 1. The molecule has 0 unspecified atom stereocenters. The summed E-state index contributed by atoms with van der Waals surface area (Å²) in [6.07, 6.45) is 3.03. The Kier molecular flexibility index (Phi) is 5.43. The zero-order valence-corrected chi connectivity index (χ0v) is 17.8. The molecule has 1 aliphatic rings. The Bertz CT molecular complexity index is 1480. The van der Waals surface area contributed by atoms with Crippen LogP contribution in [0.1, 0.15) is 23.2 Å². The van der Waals surface area contributed by atoms with Crippen LogP contribution >= 0.6 is 0 Å². The van der Waals surface area contributed by atoms with E-state index in [1.54, 1.807) is 6.07 Å². The molecule has 2 aromatic heterocycles. The third-order valence-corrected chi connectivity index (χ3v) is 6.04. The van der Waals surface area contributed by atoms with Crippen molar-refractivity contribution >= 4 is 11.4 Å². The molecule has 1 saturated heterocycles. The first-order chi connectivity index (χ1) is 16.3. The van der Waals surface area contributed by atoms with E-state index < -0.39 is 40.2 Å². The van der Waals surface area contributed by atoms with Gasteiger partial charge in [-0.3, -0.25) is 9.59 Å². The van der Waals surface area contributed by atoms with Gasteiger partial charge in [-0.15, -0.1) is 0 Å². The molecule has 1 aliphatic heterocycles. The highest BCUT2D eigenvalue weighted by atomic mass is 19.1.